The van der Waals surface area contributed by atoms with Crippen LogP contribution in [0, 0.1) is 0 Å². The van der Waals surface area contributed by atoms with Crippen LogP contribution < -0.4 is 14.8 Å². The van der Waals surface area contributed by atoms with Crippen molar-refractivity contribution in [2.24, 2.45) is 0 Å². The Labute approximate surface area is 175 Å². The van der Waals surface area contributed by atoms with Crippen molar-refractivity contribution in [3.05, 3.63) is 30.7 Å². The maximum Gasteiger partial charge on any atom is 0.241 e. The van der Waals surface area contributed by atoms with Crippen LogP contribution in [0.1, 0.15) is 40.5 Å². The van der Waals surface area contributed by atoms with Gasteiger partial charge in [-0.15, -0.1) is 10.2 Å². The molecule has 1 aliphatic heterocycles. The Kier molecular flexibility index (Phi) is 5.15. The van der Waals surface area contributed by atoms with Crippen LogP contribution in [0.4, 0.5) is 0 Å². The molecule has 0 bridgehead atoms. The molecule has 1 aliphatic rings. The third-order valence-corrected chi connectivity index (χ3v) is 5.05. The highest BCUT2D eigenvalue weighted by Gasteiger charge is 2.38. The lowest BCUT2D eigenvalue weighted by molar-refractivity contribution is 0.0524. The van der Waals surface area contributed by atoms with Gasteiger partial charge in [0.05, 0.1) is 19.5 Å². The van der Waals surface area contributed by atoms with Crippen LogP contribution in [0.5, 0.6) is 11.8 Å². The maximum absolute atomic E-state index is 6.15. The summed E-state index contributed by atoms with van der Waals surface area (Å²) in [6.07, 6.45) is 6.93. The standard InChI is InChI=1S/C21H27N7O2/c1-20(2)8-14(9-21(3,4)28-20)30-17-7-6-15(26-27-17)16-12-22-18(19(25-16)29-5)13-10-23-24-11-13/h6-7,10-12,14,28H,8-9H2,1-5H3,(H,23,24). The molecular formula is C21H27N7O2. The molecule has 3 aromatic heterocycles. The van der Waals surface area contributed by atoms with E-state index >= 15 is 0 Å². The van der Waals surface area contributed by atoms with Crippen LogP contribution in [0.3, 0.4) is 0 Å². The van der Waals surface area contributed by atoms with Crippen LogP contribution in [-0.2, 0) is 0 Å². The van der Waals surface area contributed by atoms with E-state index in [2.05, 4.69) is 63.4 Å². The fraction of sp³-hybridized carbons (Fsp3) is 0.476. The molecule has 0 amide bonds. The van der Waals surface area contributed by atoms with E-state index in [4.69, 9.17) is 9.47 Å². The average molecular weight is 409 g/mol. The fourth-order valence-electron chi connectivity index (χ4n) is 4.22. The van der Waals surface area contributed by atoms with Crippen molar-refractivity contribution >= 4 is 0 Å². The van der Waals surface area contributed by atoms with E-state index in [1.165, 1.54) is 0 Å². The molecule has 9 heteroatoms. The van der Waals surface area contributed by atoms with Crippen LogP contribution in [-0.4, -0.2) is 54.7 Å². The molecule has 30 heavy (non-hydrogen) atoms. The monoisotopic (exact) mass is 409 g/mol. The van der Waals surface area contributed by atoms with E-state index in [-0.39, 0.29) is 17.2 Å². The Morgan fingerprint density at radius 3 is 2.37 bits per heavy atom. The van der Waals surface area contributed by atoms with Gasteiger partial charge in [-0.2, -0.15) is 5.10 Å². The highest BCUT2D eigenvalue weighted by atomic mass is 16.5. The lowest BCUT2D eigenvalue weighted by Gasteiger charge is -2.46. The zero-order valence-electron chi connectivity index (χ0n) is 17.9. The first-order chi connectivity index (χ1) is 14.2. The van der Waals surface area contributed by atoms with E-state index in [1.807, 2.05) is 12.1 Å². The van der Waals surface area contributed by atoms with Crippen molar-refractivity contribution in [2.45, 2.75) is 57.7 Å². The van der Waals surface area contributed by atoms with Crippen molar-refractivity contribution < 1.29 is 9.47 Å². The lowest BCUT2D eigenvalue weighted by Crippen LogP contribution is -2.60. The number of ether oxygens (including phenoxy) is 2. The molecule has 4 rings (SSSR count). The fourth-order valence-corrected chi connectivity index (χ4v) is 4.22. The average Bonchev–Trinajstić information content (AvgIpc) is 3.20. The Balaban J connectivity index is 1.51. The van der Waals surface area contributed by atoms with Gasteiger partial charge in [0.1, 0.15) is 23.2 Å². The molecule has 0 radical (unpaired) electrons. The summed E-state index contributed by atoms with van der Waals surface area (Å²) in [4.78, 5) is 8.99. The zero-order chi connectivity index (χ0) is 21.4. The molecule has 158 valence electrons. The first kappa shape index (κ1) is 20.2. The highest BCUT2D eigenvalue weighted by Crippen LogP contribution is 2.31. The molecule has 0 saturated carbocycles. The Morgan fingerprint density at radius 1 is 1.00 bits per heavy atom. The molecule has 0 aromatic carbocycles. The van der Waals surface area contributed by atoms with Crippen molar-refractivity contribution in [1.82, 2.24) is 35.7 Å². The third kappa shape index (κ3) is 4.40. The van der Waals surface area contributed by atoms with Gasteiger partial charge in [0.25, 0.3) is 0 Å². The molecule has 1 fully saturated rings. The number of methoxy groups -OCH3 is 1. The summed E-state index contributed by atoms with van der Waals surface area (Å²) in [6.45, 7) is 8.77. The summed E-state index contributed by atoms with van der Waals surface area (Å²) >= 11 is 0. The van der Waals surface area contributed by atoms with Gasteiger partial charge in [0, 0.05) is 41.7 Å². The molecule has 3 aromatic rings. The third-order valence-electron chi connectivity index (χ3n) is 5.05. The van der Waals surface area contributed by atoms with Gasteiger partial charge in [-0.3, -0.25) is 5.10 Å². The topological polar surface area (TPSA) is 111 Å². The van der Waals surface area contributed by atoms with E-state index in [0.717, 1.165) is 18.4 Å². The number of aromatic amines is 1. The molecule has 9 nitrogen and oxygen atoms in total. The number of hydrogen-bond acceptors (Lipinski definition) is 8. The van der Waals surface area contributed by atoms with Crippen molar-refractivity contribution in [1.29, 1.82) is 0 Å². The molecule has 0 unspecified atom stereocenters. The second-order valence-corrected chi connectivity index (χ2v) is 8.90. The normalized spacial score (nSPS) is 18.2. The number of H-pyrrole nitrogens is 1. The summed E-state index contributed by atoms with van der Waals surface area (Å²) in [5, 5.41) is 18.9. The van der Waals surface area contributed by atoms with Gasteiger partial charge in [0.15, 0.2) is 0 Å². The molecule has 0 spiro atoms. The predicted octanol–water partition coefficient (Wildman–Crippen LogP) is 3.02. The van der Waals surface area contributed by atoms with Gasteiger partial charge in [-0.1, -0.05) is 0 Å². The first-order valence-electron chi connectivity index (χ1n) is 9.95. The van der Waals surface area contributed by atoms with E-state index in [1.54, 1.807) is 25.7 Å². The minimum atomic E-state index is 0.00264. The lowest BCUT2D eigenvalue weighted by atomic mass is 9.81. The van der Waals surface area contributed by atoms with Crippen molar-refractivity contribution in [3.63, 3.8) is 0 Å². The minimum Gasteiger partial charge on any atom is -0.479 e. The van der Waals surface area contributed by atoms with Gasteiger partial charge in [-0.05, 0) is 33.8 Å². The van der Waals surface area contributed by atoms with Crippen LogP contribution in [0.15, 0.2) is 30.7 Å². The highest BCUT2D eigenvalue weighted by molar-refractivity contribution is 5.65. The minimum absolute atomic E-state index is 0.00264. The van der Waals surface area contributed by atoms with E-state index < -0.39 is 0 Å². The first-order valence-corrected chi connectivity index (χ1v) is 9.95. The predicted molar refractivity (Wildman–Crippen MR) is 112 cm³/mol. The molecule has 1 saturated heterocycles. The van der Waals surface area contributed by atoms with Crippen molar-refractivity contribution in [3.8, 4) is 34.4 Å². The summed E-state index contributed by atoms with van der Waals surface area (Å²) in [5.74, 6) is 0.905. The Bertz CT molecular complexity index is 985. The number of hydrogen-bond donors (Lipinski definition) is 2. The van der Waals surface area contributed by atoms with Crippen LogP contribution >= 0.6 is 0 Å². The molecule has 4 heterocycles. The molecule has 0 aliphatic carbocycles. The number of piperidine rings is 1. The smallest absolute Gasteiger partial charge is 0.241 e. The summed E-state index contributed by atoms with van der Waals surface area (Å²) < 4.78 is 11.5. The van der Waals surface area contributed by atoms with Crippen molar-refractivity contribution in [2.75, 3.05) is 7.11 Å². The van der Waals surface area contributed by atoms with E-state index in [9.17, 15) is 0 Å². The van der Waals surface area contributed by atoms with Gasteiger partial charge in [-0.25, -0.2) is 9.97 Å². The summed E-state index contributed by atoms with van der Waals surface area (Å²) in [7, 11) is 1.56. The quantitative estimate of drug-likeness (QED) is 0.662. The van der Waals surface area contributed by atoms with Gasteiger partial charge >= 0.3 is 0 Å². The number of nitrogens with zero attached hydrogens (tertiary/aromatic N) is 5. The second kappa shape index (κ2) is 7.64. The zero-order valence-corrected chi connectivity index (χ0v) is 17.9. The number of aromatic nitrogens is 6. The molecule has 2 N–H and O–H groups in total. The largest absolute Gasteiger partial charge is 0.479 e. The molecular weight excluding hydrogens is 382 g/mol. The Morgan fingerprint density at radius 2 is 1.77 bits per heavy atom. The number of nitrogens with one attached hydrogen (secondary N) is 2. The van der Waals surface area contributed by atoms with Crippen LogP contribution in [0.25, 0.3) is 22.6 Å². The molecule has 0 atom stereocenters. The van der Waals surface area contributed by atoms with Gasteiger partial charge < -0.3 is 14.8 Å². The van der Waals surface area contributed by atoms with E-state index in [0.29, 0.717) is 28.8 Å². The second-order valence-electron chi connectivity index (χ2n) is 8.90. The maximum atomic E-state index is 6.15. The summed E-state index contributed by atoms with van der Waals surface area (Å²) in [6, 6.07) is 3.66. The van der Waals surface area contributed by atoms with Gasteiger partial charge in [0.2, 0.25) is 11.8 Å². The number of rotatable bonds is 5. The summed E-state index contributed by atoms with van der Waals surface area (Å²) in [5.41, 5.74) is 2.58. The van der Waals surface area contributed by atoms with Crippen LogP contribution in [0.2, 0.25) is 0 Å². The SMILES string of the molecule is COc1nc(-c2ccc(OC3CC(C)(C)NC(C)(C)C3)nn2)cnc1-c1cn[nH]c1. The Hall–Kier alpha value is -3.07.